The lowest BCUT2D eigenvalue weighted by Gasteiger charge is -2.30. The number of urea groups is 1. The van der Waals surface area contributed by atoms with Gasteiger partial charge in [0.2, 0.25) is 0 Å². The lowest BCUT2D eigenvalue weighted by Crippen LogP contribution is -2.47. The summed E-state index contributed by atoms with van der Waals surface area (Å²) in [6, 6.07) is 11.2. The molecule has 10 heteroatoms. The summed E-state index contributed by atoms with van der Waals surface area (Å²) in [6.07, 6.45) is 7.36. The molecule has 0 N–H and O–H groups in total. The smallest absolute Gasteiger partial charge is 0.320 e. The van der Waals surface area contributed by atoms with Crippen LogP contribution in [0.4, 0.5) is 13.6 Å². The van der Waals surface area contributed by atoms with Crippen LogP contribution in [0.25, 0.3) is 27.7 Å². The average Bonchev–Trinajstić information content (AvgIpc) is 3.58. The summed E-state index contributed by atoms with van der Waals surface area (Å²) in [5.74, 6) is -2.83. The van der Waals surface area contributed by atoms with Crippen LogP contribution in [0.3, 0.4) is 0 Å². The van der Waals surface area contributed by atoms with Crippen LogP contribution in [-0.2, 0) is 17.9 Å². The number of imidazole rings is 1. The van der Waals surface area contributed by atoms with Crippen molar-refractivity contribution in [1.29, 1.82) is 5.26 Å². The van der Waals surface area contributed by atoms with Gasteiger partial charge in [-0.05, 0) is 54.7 Å². The van der Waals surface area contributed by atoms with Crippen molar-refractivity contribution in [3.05, 3.63) is 71.3 Å². The lowest BCUT2D eigenvalue weighted by atomic mass is 9.97. The van der Waals surface area contributed by atoms with Crippen LogP contribution < -0.4 is 0 Å². The Morgan fingerprint density at radius 1 is 1.07 bits per heavy atom. The largest absolute Gasteiger partial charge is 0.345 e. The number of allylic oxidation sites excluding steroid dienone is 2. The van der Waals surface area contributed by atoms with Crippen LogP contribution in [0, 0.1) is 11.3 Å². The van der Waals surface area contributed by atoms with Gasteiger partial charge in [0.15, 0.2) is 5.78 Å². The number of ketones is 1. The molecule has 2 amide bonds. The lowest BCUT2D eigenvalue weighted by molar-refractivity contribution is -0.113. The third kappa shape index (κ3) is 4.27. The summed E-state index contributed by atoms with van der Waals surface area (Å²) in [4.78, 5) is 34.1. The van der Waals surface area contributed by atoms with E-state index in [4.69, 9.17) is 0 Å². The quantitative estimate of drug-likeness (QED) is 0.328. The molecule has 2 aliphatic heterocycles. The minimum Gasteiger partial charge on any atom is -0.345 e. The van der Waals surface area contributed by atoms with Crippen LogP contribution in [-0.4, -0.2) is 61.1 Å². The Labute approximate surface area is 235 Å². The number of carbonyl (C=O) groups excluding carboxylic acids is 2. The van der Waals surface area contributed by atoms with Crippen molar-refractivity contribution >= 4 is 39.5 Å². The number of amides is 2. The summed E-state index contributed by atoms with van der Waals surface area (Å²) >= 11 is 0. The molecule has 0 spiro atoms. The third-order valence-electron chi connectivity index (χ3n) is 8.52. The number of halogens is 2. The summed E-state index contributed by atoms with van der Waals surface area (Å²) < 4.78 is 32.6. The van der Waals surface area contributed by atoms with Crippen molar-refractivity contribution in [3.8, 4) is 6.07 Å². The predicted octanol–water partition coefficient (Wildman–Crippen LogP) is 5.49. The Kier molecular flexibility index (Phi) is 5.92. The highest BCUT2D eigenvalue weighted by Crippen LogP contribution is 2.42. The zero-order valence-electron chi connectivity index (χ0n) is 22.4. The number of rotatable bonds is 2. The molecule has 1 fully saturated rings. The second-order valence-corrected chi connectivity index (χ2v) is 11.2. The van der Waals surface area contributed by atoms with E-state index >= 15 is 0 Å². The monoisotopic (exact) mass is 554 g/mol. The molecule has 5 heterocycles. The Morgan fingerprint density at radius 3 is 2.80 bits per heavy atom. The van der Waals surface area contributed by atoms with E-state index < -0.39 is 18.5 Å². The van der Waals surface area contributed by atoms with Crippen LogP contribution >= 0.6 is 0 Å². The third-order valence-corrected chi connectivity index (χ3v) is 8.52. The van der Waals surface area contributed by atoms with Crippen LogP contribution in [0.15, 0.2) is 48.9 Å². The molecular weight excluding hydrogens is 526 g/mol. The summed E-state index contributed by atoms with van der Waals surface area (Å²) in [5.41, 5.74) is 6.10. The van der Waals surface area contributed by atoms with Gasteiger partial charge in [-0.2, -0.15) is 5.26 Å². The van der Waals surface area contributed by atoms with Crippen molar-refractivity contribution in [3.63, 3.8) is 0 Å². The van der Waals surface area contributed by atoms with Gasteiger partial charge in [-0.1, -0.05) is 6.07 Å². The maximum absolute atomic E-state index is 14.3. The second-order valence-electron chi connectivity index (χ2n) is 11.2. The topological polar surface area (TPSA) is 86.6 Å². The summed E-state index contributed by atoms with van der Waals surface area (Å²) in [6.45, 7) is 0.773. The van der Waals surface area contributed by atoms with Gasteiger partial charge in [0.1, 0.15) is 5.65 Å². The fourth-order valence-electron chi connectivity index (χ4n) is 6.64. The number of fused-ring (bicyclic) bond motifs is 1. The first-order valence-corrected chi connectivity index (χ1v) is 14.0. The van der Waals surface area contributed by atoms with E-state index in [-0.39, 0.29) is 18.7 Å². The molecule has 0 bridgehead atoms. The number of likely N-dealkylation sites (tertiary alicyclic amines) is 1. The van der Waals surface area contributed by atoms with Gasteiger partial charge in [-0.15, -0.1) is 0 Å². The number of benzene rings is 1. The number of pyridine rings is 1. The van der Waals surface area contributed by atoms with Crippen LogP contribution in [0.2, 0.25) is 0 Å². The standard InChI is InChI=1S/C31H28F2N6O2/c32-31(33)8-2-4-9-38(19-31)30(41)37-12-11-36-18-24(23-14-20(15-34)13-21(17-37)29(23)36)22-6-7-26(40)28(22)25-16-35-27-5-1-3-10-39(25)27/h1,3,5,10,13-14,16,18H,2,4,6-9,11-12,17,19H2. The summed E-state index contributed by atoms with van der Waals surface area (Å²) in [5, 5.41) is 10.7. The van der Waals surface area contributed by atoms with E-state index in [0.29, 0.717) is 56.5 Å². The van der Waals surface area contributed by atoms with Crippen LogP contribution in [0.1, 0.15) is 54.5 Å². The minimum atomic E-state index is -2.89. The summed E-state index contributed by atoms with van der Waals surface area (Å²) in [7, 11) is 0. The molecular formula is C31H28F2N6O2. The van der Waals surface area contributed by atoms with E-state index in [9.17, 15) is 23.6 Å². The molecule has 1 saturated heterocycles. The average molecular weight is 555 g/mol. The Balaban J connectivity index is 1.32. The molecule has 0 atom stereocenters. The number of carbonyl (C=O) groups is 2. The predicted molar refractivity (Wildman–Crippen MR) is 149 cm³/mol. The number of hydrogen-bond donors (Lipinski definition) is 0. The molecule has 0 radical (unpaired) electrons. The van der Waals surface area contributed by atoms with E-state index in [1.165, 1.54) is 4.90 Å². The molecule has 1 aromatic carbocycles. The van der Waals surface area contributed by atoms with Gasteiger partial charge >= 0.3 is 6.03 Å². The van der Waals surface area contributed by atoms with E-state index in [1.54, 1.807) is 17.2 Å². The van der Waals surface area contributed by atoms with Crippen molar-refractivity contribution in [1.82, 2.24) is 23.8 Å². The van der Waals surface area contributed by atoms with Crippen molar-refractivity contribution < 1.29 is 18.4 Å². The number of Topliss-reactive ketones (excluding diaryl/α,β-unsaturated/α-hetero) is 1. The highest BCUT2D eigenvalue weighted by molar-refractivity contribution is 6.31. The van der Waals surface area contributed by atoms with Gasteiger partial charge in [0.25, 0.3) is 5.92 Å². The molecule has 4 aromatic rings. The molecule has 0 unspecified atom stereocenters. The van der Waals surface area contributed by atoms with Crippen LogP contribution in [0.5, 0.6) is 0 Å². The number of hydrogen-bond acceptors (Lipinski definition) is 4. The molecule has 41 heavy (non-hydrogen) atoms. The normalized spacial score (nSPS) is 19.1. The number of nitrogens with zero attached hydrogens (tertiary/aromatic N) is 6. The van der Waals surface area contributed by atoms with Gasteiger partial charge < -0.3 is 14.4 Å². The van der Waals surface area contributed by atoms with Gasteiger partial charge in [-0.3, -0.25) is 9.20 Å². The number of aromatic nitrogens is 3. The Bertz CT molecular complexity index is 1810. The zero-order valence-corrected chi connectivity index (χ0v) is 22.4. The van der Waals surface area contributed by atoms with Crippen molar-refractivity contribution in [2.24, 2.45) is 0 Å². The first-order chi connectivity index (χ1) is 19.8. The molecule has 3 aliphatic rings. The maximum atomic E-state index is 14.3. The maximum Gasteiger partial charge on any atom is 0.320 e. The Morgan fingerprint density at radius 2 is 1.95 bits per heavy atom. The van der Waals surface area contributed by atoms with E-state index in [0.717, 1.165) is 38.9 Å². The molecule has 3 aromatic heterocycles. The fourth-order valence-corrected chi connectivity index (χ4v) is 6.64. The molecule has 8 nitrogen and oxygen atoms in total. The van der Waals surface area contributed by atoms with Crippen molar-refractivity contribution in [2.75, 3.05) is 19.6 Å². The second kappa shape index (κ2) is 9.54. The van der Waals surface area contributed by atoms with Gasteiger partial charge in [0, 0.05) is 67.9 Å². The number of nitriles is 1. The van der Waals surface area contributed by atoms with E-state index in [2.05, 4.69) is 15.6 Å². The molecule has 208 valence electrons. The van der Waals surface area contributed by atoms with Gasteiger partial charge in [0.05, 0.1) is 35.6 Å². The van der Waals surface area contributed by atoms with Crippen molar-refractivity contribution in [2.45, 2.75) is 51.1 Å². The Hall–Kier alpha value is -4.52. The number of alkyl halides is 2. The molecule has 0 saturated carbocycles. The van der Waals surface area contributed by atoms with E-state index in [1.807, 2.05) is 41.1 Å². The fraction of sp³-hybridized carbons (Fsp3) is 0.355. The molecule has 7 rings (SSSR count). The van der Waals surface area contributed by atoms with Gasteiger partial charge in [-0.25, -0.2) is 18.6 Å². The SMILES string of the molecule is N#Cc1cc2c3c(c1)c(C1=C(c4cnc5ccccn45)C(=O)CC1)cn3CCN(C(=O)N1CCCCC(F)(F)C1)C2. The zero-order chi connectivity index (χ0) is 28.3. The highest BCUT2D eigenvalue weighted by Gasteiger charge is 2.37. The first kappa shape index (κ1) is 25.4. The highest BCUT2D eigenvalue weighted by atomic mass is 19.3. The minimum absolute atomic E-state index is 0.0568. The molecule has 1 aliphatic carbocycles. The first-order valence-electron chi connectivity index (χ1n) is 14.0.